The number of carboxylic acids is 1. The number of nitrogens with one attached hydrogen (secondary N) is 1. The van der Waals surface area contributed by atoms with Gasteiger partial charge in [-0.2, -0.15) is 0 Å². The fourth-order valence-corrected chi connectivity index (χ4v) is 1.68. The molecule has 0 bridgehead atoms. The predicted octanol–water partition coefficient (Wildman–Crippen LogP) is 1.30. The molecule has 1 rings (SSSR count). The molecule has 0 radical (unpaired) electrons. The van der Waals surface area contributed by atoms with E-state index < -0.39 is 5.97 Å². The van der Waals surface area contributed by atoms with Crippen LogP contribution in [0.2, 0.25) is 0 Å². The predicted molar refractivity (Wildman–Crippen MR) is 76.1 cm³/mol. The van der Waals surface area contributed by atoms with Crippen LogP contribution in [0.3, 0.4) is 0 Å². The second-order valence-corrected chi connectivity index (χ2v) is 4.28. The molecular formula is C14H20N2O4. The third-order valence-electron chi connectivity index (χ3n) is 2.66. The Kier molecular flexibility index (Phi) is 6.52. The monoisotopic (exact) mass is 280 g/mol. The highest BCUT2D eigenvalue weighted by Crippen LogP contribution is 2.22. The Morgan fingerprint density at radius 3 is 2.75 bits per heavy atom. The van der Waals surface area contributed by atoms with Crippen LogP contribution in [0.15, 0.2) is 18.2 Å². The van der Waals surface area contributed by atoms with Crippen LogP contribution in [0.4, 0.5) is 5.69 Å². The summed E-state index contributed by atoms with van der Waals surface area (Å²) in [7, 11) is 0. The summed E-state index contributed by atoms with van der Waals surface area (Å²) in [5.41, 5.74) is 6.74. The quantitative estimate of drug-likeness (QED) is 0.358. The third kappa shape index (κ3) is 5.27. The molecule has 0 aliphatic heterocycles. The van der Waals surface area contributed by atoms with Gasteiger partial charge in [0.2, 0.25) is 0 Å². The van der Waals surface area contributed by atoms with Gasteiger partial charge < -0.3 is 20.9 Å². The Labute approximate surface area is 117 Å². The summed E-state index contributed by atoms with van der Waals surface area (Å²) in [5, 5.41) is 11.4. The van der Waals surface area contributed by atoms with Crippen LogP contribution in [0.1, 0.15) is 30.1 Å². The molecule has 20 heavy (non-hydrogen) atoms. The van der Waals surface area contributed by atoms with E-state index in [2.05, 4.69) is 5.32 Å². The van der Waals surface area contributed by atoms with Crippen molar-refractivity contribution in [1.82, 2.24) is 5.32 Å². The van der Waals surface area contributed by atoms with Crippen LogP contribution in [-0.2, 0) is 4.79 Å². The summed E-state index contributed by atoms with van der Waals surface area (Å²) >= 11 is 0. The van der Waals surface area contributed by atoms with Gasteiger partial charge in [-0.05, 0) is 38.1 Å². The maximum atomic E-state index is 11.9. The van der Waals surface area contributed by atoms with E-state index in [1.807, 2.05) is 6.92 Å². The number of rotatable bonds is 9. The SMILES string of the molecule is CCOc1ccc(C(=O)CNCCCC(=O)O)cc1N. The van der Waals surface area contributed by atoms with Gasteiger partial charge >= 0.3 is 5.97 Å². The first-order valence-corrected chi connectivity index (χ1v) is 6.52. The lowest BCUT2D eigenvalue weighted by Gasteiger charge is -2.08. The number of aliphatic carboxylic acids is 1. The van der Waals surface area contributed by atoms with Crippen molar-refractivity contribution in [3.63, 3.8) is 0 Å². The molecule has 0 saturated carbocycles. The summed E-state index contributed by atoms with van der Waals surface area (Å²) < 4.78 is 5.30. The van der Waals surface area contributed by atoms with Crippen molar-refractivity contribution in [3.8, 4) is 5.75 Å². The number of ketones is 1. The molecule has 0 aliphatic rings. The number of benzene rings is 1. The fourth-order valence-electron chi connectivity index (χ4n) is 1.68. The molecule has 1 aromatic carbocycles. The molecule has 0 saturated heterocycles. The average Bonchev–Trinajstić information content (AvgIpc) is 2.40. The zero-order valence-corrected chi connectivity index (χ0v) is 11.5. The minimum atomic E-state index is -0.836. The van der Waals surface area contributed by atoms with Gasteiger partial charge in [-0.15, -0.1) is 0 Å². The van der Waals surface area contributed by atoms with Crippen LogP contribution >= 0.6 is 0 Å². The molecule has 6 heteroatoms. The van der Waals surface area contributed by atoms with Crippen LogP contribution in [0, 0.1) is 0 Å². The third-order valence-corrected chi connectivity index (χ3v) is 2.66. The molecule has 1 aromatic rings. The first kappa shape index (κ1) is 16.0. The number of hydrogen-bond donors (Lipinski definition) is 3. The van der Waals surface area contributed by atoms with E-state index in [0.29, 0.717) is 36.6 Å². The first-order chi connectivity index (χ1) is 9.54. The van der Waals surface area contributed by atoms with Crippen molar-refractivity contribution in [2.75, 3.05) is 25.4 Å². The molecule has 0 spiro atoms. The van der Waals surface area contributed by atoms with Gasteiger partial charge in [-0.25, -0.2) is 0 Å². The van der Waals surface area contributed by atoms with Crippen molar-refractivity contribution in [2.45, 2.75) is 19.8 Å². The molecule has 110 valence electrons. The highest BCUT2D eigenvalue weighted by Gasteiger charge is 2.08. The van der Waals surface area contributed by atoms with Crippen molar-refractivity contribution in [3.05, 3.63) is 23.8 Å². The zero-order chi connectivity index (χ0) is 15.0. The Bertz CT molecular complexity index is 474. The number of carbonyl (C=O) groups excluding carboxylic acids is 1. The molecule has 0 fully saturated rings. The standard InChI is InChI=1S/C14H20N2O4/c1-2-20-13-6-5-10(8-11(13)15)12(17)9-16-7-3-4-14(18)19/h5-6,8,16H,2-4,7,9,15H2,1H3,(H,18,19). The minimum Gasteiger partial charge on any atom is -0.492 e. The second kappa shape index (κ2) is 8.16. The lowest BCUT2D eigenvalue weighted by atomic mass is 10.1. The lowest BCUT2D eigenvalue weighted by Crippen LogP contribution is -2.24. The summed E-state index contributed by atoms with van der Waals surface area (Å²) in [4.78, 5) is 22.2. The number of hydrogen-bond acceptors (Lipinski definition) is 5. The summed E-state index contributed by atoms with van der Waals surface area (Å²) in [6.45, 7) is 3.03. The largest absolute Gasteiger partial charge is 0.492 e. The summed E-state index contributed by atoms with van der Waals surface area (Å²) in [6.07, 6.45) is 0.589. The topological polar surface area (TPSA) is 102 Å². The number of ether oxygens (including phenoxy) is 1. The van der Waals surface area contributed by atoms with E-state index in [0.717, 1.165) is 0 Å². The molecule has 0 aromatic heterocycles. The molecule has 6 nitrogen and oxygen atoms in total. The van der Waals surface area contributed by atoms with Crippen molar-refractivity contribution < 1.29 is 19.4 Å². The Balaban J connectivity index is 2.43. The number of nitrogen functional groups attached to an aromatic ring is 1. The maximum absolute atomic E-state index is 11.9. The number of nitrogens with two attached hydrogens (primary N) is 1. The molecule has 0 unspecified atom stereocenters. The van der Waals surface area contributed by atoms with E-state index in [1.165, 1.54) is 0 Å². The number of Topliss-reactive ketones (excluding diaryl/α,β-unsaturated/α-hetero) is 1. The van der Waals surface area contributed by atoms with Crippen molar-refractivity contribution in [2.24, 2.45) is 0 Å². The highest BCUT2D eigenvalue weighted by atomic mass is 16.5. The van der Waals surface area contributed by atoms with E-state index in [-0.39, 0.29) is 18.7 Å². The first-order valence-electron chi connectivity index (χ1n) is 6.52. The average molecular weight is 280 g/mol. The van der Waals surface area contributed by atoms with Crippen molar-refractivity contribution in [1.29, 1.82) is 0 Å². The fraction of sp³-hybridized carbons (Fsp3) is 0.429. The van der Waals surface area contributed by atoms with Gasteiger partial charge in [-0.3, -0.25) is 9.59 Å². The van der Waals surface area contributed by atoms with E-state index in [9.17, 15) is 9.59 Å². The van der Waals surface area contributed by atoms with Crippen LogP contribution in [-0.4, -0.2) is 36.6 Å². The Morgan fingerprint density at radius 2 is 2.15 bits per heavy atom. The van der Waals surface area contributed by atoms with Crippen LogP contribution in [0.5, 0.6) is 5.75 Å². The molecule has 0 aliphatic carbocycles. The lowest BCUT2D eigenvalue weighted by molar-refractivity contribution is -0.137. The summed E-state index contributed by atoms with van der Waals surface area (Å²) in [5.74, 6) is -0.356. The minimum absolute atomic E-state index is 0.0879. The second-order valence-electron chi connectivity index (χ2n) is 4.28. The molecule has 4 N–H and O–H groups in total. The zero-order valence-electron chi connectivity index (χ0n) is 11.5. The van der Waals surface area contributed by atoms with Crippen LogP contribution < -0.4 is 15.8 Å². The molecule has 0 heterocycles. The molecular weight excluding hydrogens is 260 g/mol. The van der Waals surface area contributed by atoms with Gasteiger partial charge in [-0.1, -0.05) is 0 Å². The van der Waals surface area contributed by atoms with Gasteiger partial charge in [0.1, 0.15) is 5.75 Å². The smallest absolute Gasteiger partial charge is 0.303 e. The number of anilines is 1. The van der Waals surface area contributed by atoms with Gasteiger partial charge in [0, 0.05) is 12.0 Å². The highest BCUT2D eigenvalue weighted by molar-refractivity contribution is 5.98. The van der Waals surface area contributed by atoms with E-state index in [4.69, 9.17) is 15.6 Å². The summed E-state index contributed by atoms with van der Waals surface area (Å²) in [6, 6.07) is 4.94. The number of carboxylic acid groups (broad SMARTS) is 1. The van der Waals surface area contributed by atoms with Gasteiger partial charge in [0.25, 0.3) is 0 Å². The molecule has 0 amide bonds. The van der Waals surface area contributed by atoms with E-state index >= 15 is 0 Å². The normalized spacial score (nSPS) is 10.2. The Morgan fingerprint density at radius 1 is 1.40 bits per heavy atom. The number of carbonyl (C=O) groups is 2. The molecule has 0 atom stereocenters. The van der Waals surface area contributed by atoms with Crippen molar-refractivity contribution >= 4 is 17.4 Å². The Hall–Kier alpha value is -2.08. The van der Waals surface area contributed by atoms with Crippen LogP contribution in [0.25, 0.3) is 0 Å². The van der Waals surface area contributed by atoms with Gasteiger partial charge in [0.05, 0.1) is 18.8 Å². The maximum Gasteiger partial charge on any atom is 0.303 e. The van der Waals surface area contributed by atoms with E-state index in [1.54, 1.807) is 18.2 Å². The van der Waals surface area contributed by atoms with Gasteiger partial charge in [0.15, 0.2) is 5.78 Å².